The summed E-state index contributed by atoms with van der Waals surface area (Å²) in [6.07, 6.45) is 4.38. The summed E-state index contributed by atoms with van der Waals surface area (Å²) in [7, 11) is 0. The molecule has 0 aliphatic heterocycles. The molecule has 0 aliphatic carbocycles. The van der Waals surface area contributed by atoms with Crippen molar-refractivity contribution in [3.8, 4) is 0 Å². The molecule has 0 saturated heterocycles. The van der Waals surface area contributed by atoms with Crippen LogP contribution in [0.25, 0.3) is 0 Å². The molecule has 1 nitrogen and oxygen atoms in total. The van der Waals surface area contributed by atoms with Crippen LogP contribution in [0.3, 0.4) is 0 Å². The van der Waals surface area contributed by atoms with E-state index in [1.54, 1.807) is 0 Å². The average molecular weight is 155 g/mol. The van der Waals surface area contributed by atoms with Crippen LogP contribution in [0.1, 0.15) is 40.5 Å². The van der Waals surface area contributed by atoms with Crippen molar-refractivity contribution in [3.05, 3.63) is 11.8 Å². The summed E-state index contributed by atoms with van der Waals surface area (Å²) in [5, 5.41) is 0. The monoisotopic (exact) mass is 155 g/mol. The summed E-state index contributed by atoms with van der Waals surface area (Å²) in [6.45, 7) is 8.80. The van der Waals surface area contributed by atoms with Crippen LogP contribution in [0.5, 0.6) is 0 Å². The van der Waals surface area contributed by atoms with E-state index in [0.29, 0.717) is 11.8 Å². The van der Waals surface area contributed by atoms with E-state index < -0.39 is 0 Å². The number of hydrogen-bond donors (Lipinski definition) is 1. The minimum Gasteiger partial charge on any atom is -0.402 e. The third-order valence-electron chi connectivity index (χ3n) is 2.16. The molecule has 0 aromatic heterocycles. The van der Waals surface area contributed by atoms with E-state index in [9.17, 15) is 0 Å². The molecule has 1 atom stereocenters. The zero-order chi connectivity index (χ0) is 8.85. The first kappa shape index (κ1) is 10.5. The van der Waals surface area contributed by atoms with Gasteiger partial charge in [-0.1, -0.05) is 33.8 Å². The van der Waals surface area contributed by atoms with Crippen molar-refractivity contribution in [2.24, 2.45) is 17.6 Å². The Morgan fingerprint density at radius 3 is 2.18 bits per heavy atom. The van der Waals surface area contributed by atoms with E-state index in [4.69, 9.17) is 5.73 Å². The standard InChI is InChI=1S/C10H21N/c1-5-9(8(3)4)7-10(11)6-2/h7-9H,5-6,11H2,1-4H3/b10-7+/t9-/m0/s1. The van der Waals surface area contributed by atoms with Crippen LogP contribution in [0.15, 0.2) is 11.8 Å². The minimum absolute atomic E-state index is 0.662. The van der Waals surface area contributed by atoms with Crippen LogP contribution in [-0.4, -0.2) is 0 Å². The summed E-state index contributed by atoms with van der Waals surface area (Å²) >= 11 is 0. The lowest BCUT2D eigenvalue weighted by Gasteiger charge is -2.15. The molecule has 0 heterocycles. The smallest absolute Gasteiger partial charge is 0.00401 e. The molecule has 0 aliphatic rings. The lowest BCUT2D eigenvalue weighted by atomic mass is 9.92. The molecule has 0 aromatic rings. The Morgan fingerprint density at radius 2 is 1.91 bits per heavy atom. The Bertz CT molecular complexity index is 125. The van der Waals surface area contributed by atoms with Gasteiger partial charge in [0, 0.05) is 5.70 Å². The highest BCUT2D eigenvalue weighted by molar-refractivity contribution is 4.99. The van der Waals surface area contributed by atoms with E-state index in [2.05, 4.69) is 33.8 Å². The SMILES string of the molecule is CC/C(N)=C\[C@H](CC)C(C)C. The van der Waals surface area contributed by atoms with Crippen molar-refractivity contribution >= 4 is 0 Å². The summed E-state index contributed by atoms with van der Waals surface area (Å²) < 4.78 is 0. The molecule has 0 saturated carbocycles. The van der Waals surface area contributed by atoms with Crippen molar-refractivity contribution in [2.75, 3.05) is 0 Å². The maximum atomic E-state index is 5.75. The van der Waals surface area contributed by atoms with E-state index in [1.807, 2.05) is 0 Å². The molecule has 0 radical (unpaired) electrons. The first-order valence-corrected chi connectivity index (χ1v) is 4.57. The molecule has 1 heteroatoms. The fraction of sp³-hybridized carbons (Fsp3) is 0.800. The molecule has 0 unspecified atom stereocenters. The lowest BCUT2D eigenvalue weighted by molar-refractivity contribution is 0.450. The van der Waals surface area contributed by atoms with Crippen LogP contribution in [0.2, 0.25) is 0 Å². The van der Waals surface area contributed by atoms with Gasteiger partial charge in [-0.15, -0.1) is 0 Å². The molecule has 0 rings (SSSR count). The van der Waals surface area contributed by atoms with Crippen LogP contribution in [0.4, 0.5) is 0 Å². The van der Waals surface area contributed by atoms with Crippen molar-refractivity contribution < 1.29 is 0 Å². The second-order valence-corrected chi connectivity index (χ2v) is 3.41. The maximum absolute atomic E-state index is 5.75. The van der Waals surface area contributed by atoms with Crippen LogP contribution in [0, 0.1) is 11.8 Å². The van der Waals surface area contributed by atoms with Gasteiger partial charge in [-0.05, 0) is 24.7 Å². The predicted octanol–water partition coefficient (Wildman–Crippen LogP) is 2.92. The summed E-state index contributed by atoms with van der Waals surface area (Å²) in [5.41, 5.74) is 6.78. The molecule has 0 bridgehead atoms. The molecule has 2 N–H and O–H groups in total. The fourth-order valence-corrected chi connectivity index (χ4v) is 1.17. The average Bonchev–Trinajstić information content (AvgIpc) is 1.99. The van der Waals surface area contributed by atoms with Gasteiger partial charge in [0.2, 0.25) is 0 Å². The van der Waals surface area contributed by atoms with Crippen molar-refractivity contribution in [2.45, 2.75) is 40.5 Å². The summed E-state index contributed by atoms with van der Waals surface area (Å²) in [5.74, 6) is 1.38. The molecular weight excluding hydrogens is 134 g/mol. The molecule has 0 fully saturated rings. The predicted molar refractivity (Wildman–Crippen MR) is 51.2 cm³/mol. The van der Waals surface area contributed by atoms with Gasteiger partial charge in [-0.3, -0.25) is 0 Å². The first-order chi connectivity index (χ1) is 5.11. The number of hydrogen-bond acceptors (Lipinski definition) is 1. The lowest BCUT2D eigenvalue weighted by Crippen LogP contribution is -2.07. The topological polar surface area (TPSA) is 26.0 Å². The molecule has 0 amide bonds. The number of nitrogens with two attached hydrogens (primary N) is 1. The van der Waals surface area contributed by atoms with Gasteiger partial charge in [0.25, 0.3) is 0 Å². The second-order valence-electron chi connectivity index (χ2n) is 3.41. The summed E-state index contributed by atoms with van der Waals surface area (Å²) in [6, 6.07) is 0. The Balaban J connectivity index is 4.06. The highest BCUT2D eigenvalue weighted by Crippen LogP contribution is 2.17. The molecule has 11 heavy (non-hydrogen) atoms. The van der Waals surface area contributed by atoms with Crippen molar-refractivity contribution in [1.82, 2.24) is 0 Å². The fourth-order valence-electron chi connectivity index (χ4n) is 1.17. The van der Waals surface area contributed by atoms with Crippen molar-refractivity contribution in [3.63, 3.8) is 0 Å². The first-order valence-electron chi connectivity index (χ1n) is 4.57. The zero-order valence-corrected chi connectivity index (χ0v) is 8.22. The van der Waals surface area contributed by atoms with E-state index in [-0.39, 0.29) is 0 Å². The van der Waals surface area contributed by atoms with Crippen LogP contribution < -0.4 is 5.73 Å². The molecule has 66 valence electrons. The third-order valence-corrected chi connectivity index (χ3v) is 2.16. The number of rotatable bonds is 4. The third kappa shape index (κ3) is 4.07. The molecule has 0 aromatic carbocycles. The van der Waals surface area contributed by atoms with Gasteiger partial charge in [0.15, 0.2) is 0 Å². The summed E-state index contributed by atoms with van der Waals surface area (Å²) in [4.78, 5) is 0. The van der Waals surface area contributed by atoms with E-state index >= 15 is 0 Å². The Labute approximate surface area is 70.7 Å². The quantitative estimate of drug-likeness (QED) is 0.663. The maximum Gasteiger partial charge on any atom is 0.00401 e. The molecular formula is C10H21N. The van der Waals surface area contributed by atoms with E-state index in [0.717, 1.165) is 12.1 Å². The van der Waals surface area contributed by atoms with E-state index in [1.165, 1.54) is 6.42 Å². The van der Waals surface area contributed by atoms with Crippen molar-refractivity contribution in [1.29, 1.82) is 0 Å². The zero-order valence-electron chi connectivity index (χ0n) is 8.22. The Kier molecular flexibility index (Phi) is 5.01. The van der Waals surface area contributed by atoms with Gasteiger partial charge in [0.1, 0.15) is 0 Å². The van der Waals surface area contributed by atoms with Gasteiger partial charge >= 0.3 is 0 Å². The highest BCUT2D eigenvalue weighted by Gasteiger charge is 2.07. The Hall–Kier alpha value is -0.460. The normalized spacial score (nSPS) is 15.5. The minimum atomic E-state index is 0.662. The van der Waals surface area contributed by atoms with Gasteiger partial charge in [-0.2, -0.15) is 0 Å². The van der Waals surface area contributed by atoms with Gasteiger partial charge in [0.05, 0.1) is 0 Å². The van der Waals surface area contributed by atoms with Gasteiger partial charge in [-0.25, -0.2) is 0 Å². The number of allylic oxidation sites excluding steroid dienone is 2. The largest absolute Gasteiger partial charge is 0.402 e. The Morgan fingerprint density at radius 1 is 1.36 bits per heavy atom. The van der Waals surface area contributed by atoms with Crippen LogP contribution >= 0.6 is 0 Å². The second kappa shape index (κ2) is 5.22. The van der Waals surface area contributed by atoms with Gasteiger partial charge < -0.3 is 5.73 Å². The molecule has 0 spiro atoms. The highest BCUT2D eigenvalue weighted by atomic mass is 14.6. The van der Waals surface area contributed by atoms with Crippen LogP contribution in [-0.2, 0) is 0 Å².